The van der Waals surface area contributed by atoms with Gasteiger partial charge in [-0.1, -0.05) is 30.3 Å². The van der Waals surface area contributed by atoms with E-state index in [-0.39, 0.29) is 0 Å². The summed E-state index contributed by atoms with van der Waals surface area (Å²) in [7, 11) is -0.218. The van der Waals surface area contributed by atoms with Gasteiger partial charge in [0.2, 0.25) is 10.0 Å². The van der Waals surface area contributed by atoms with Gasteiger partial charge in [0, 0.05) is 38.3 Å². The number of ether oxygens (including phenoxy) is 2. The third-order valence-corrected chi connectivity index (χ3v) is 7.65. The summed E-state index contributed by atoms with van der Waals surface area (Å²) in [6, 6.07) is 18.9. The van der Waals surface area contributed by atoms with Gasteiger partial charge in [0.05, 0.1) is 19.1 Å². The van der Waals surface area contributed by atoms with E-state index in [0.717, 1.165) is 27.8 Å². The highest BCUT2D eigenvalue weighted by Crippen LogP contribution is 2.27. The molecular formula is C25H28N2O8S. The van der Waals surface area contributed by atoms with Crippen molar-refractivity contribution in [2.75, 3.05) is 40.4 Å². The molecule has 2 N–H and O–H groups in total. The molecule has 3 aromatic carbocycles. The van der Waals surface area contributed by atoms with Crippen LogP contribution < -0.4 is 9.47 Å². The van der Waals surface area contributed by atoms with Crippen LogP contribution in [0.3, 0.4) is 0 Å². The number of carboxylic acids is 2. The highest BCUT2D eigenvalue weighted by Gasteiger charge is 2.29. The van der Waals surface area contributed by atoms with Crippen LogP contribution in [0.1, 0.15) is 5.56 Å². The molecule has 192 valence electrons. The van der Waals surface area contributed by atoms with Crippen LogP contribution in [0.2, 0.25) is 0 Å². The van der Waals surface area contributed by atoms with Gasteiger partial charge >= 0.3 is 11.9 Å². The predicted molar refractivity (Wildman–Crippen MR) is 133 cm³/mol. The molecule has 0 saturated carbocycles. The minimum atomic E-state index is -3.51. The molecule has 1 aliphatic rings. The van der Waals surface area contributed by atoms with Crippen LogP contribution in [-0.4, -0.2) is 80.2 Å². The molecule has 3 aromatic rings. The minimum Gasteiger partial charge on any atom is -0.497 e. The number of carbonyl (C=O) groups is 2. The fourth-order valence-electron chi connectivity index (χ4n) is 3.85. The van der Waals surface area contributed by atoms with E-state index in [0.29, 0.717) is 37.6 Å². The predicted octanol–water partition coefficient (Wildman–Crippen LogP) is 2.52. The van der Waals surface area contributed by atoms with Gasteiger partial charge in [-0.2, -0.15) is 4.31 Å². The molecule has 36 heavy (non-hydrogen) atoms. The maximum absolute atomic E-state index is 13.2. The third kappa shape index (κ3) is 6.51. The van der Waals surface area contributed by atoms with Crippen LogP contribution in [0.4, 0.5) is 0 Å². The number of sulfonamides is 1. The Morgan fingerprint density at radius 2 is 1.47 bits per heavy atom. The number of hydrogen-bond acceptors (Lipinski definition) is 7. The summed E-state index contributed by atoms with van der Waals surface area (Å²) >= 11 is 0. The van der Waals surface area contributed by atoms with E-state index in [1.807, 2.05) is 48.5 Å². The Kier molecular flexibility index (Phi) is 8.86. The molecule has 4 rings (SSSR count). The highest BCUT2D eigenvalue weighted by atomic mass is 32.2. The van der Waals surface area contributed by atoms with Crippen molar-refractivity contribution in [3.8, 4) is 11.5 Å². The van der Waals surface area contributed by atoms with E-state index in [9.17, 15) is 8.42 Å². The Morgan fingerprint density at radius 3 is 2.06 bits per heavy atom. The molecule has 0 spiro atoms. The molecule has 11 heteroatoms. The van der Waals surface area contributed by atoms with E-state index in [1.54, 1.807) is 30.7 Å². The van der Waals surface area contributed by atoms with E-state index in [1.165, 1.54) is 0 Å². The molecular weight excluding hydrogens is 488 g/mol. The van der Waals surface area contributed by atoms with Crippen molar-refractivity contribution >= 4 is 32.7 Å². The number of fused-ring (bicyclic) bond motifs is 1. The summed E-state index contributed by atoms with van der Waals surface area (Å²) in [6.07, 6.45) is 0. The summed E-state index contributed by atoms with van der Waals surface area (Å²) in [5.74, 6) is -2.06. The second-order valence-electron chi connectivity index (χ2n) is 7.98. The minimum absolute atomic E-state index is 0.351. The molecule has 0 atom stereocenters. The number of aliphatic carboxylic acids is 2. The average molecular weight is 517 g/mol. The normalized spacial score (nSPS) is 14.5. The molecule has 1 heterocycles. The molecule has 1 aliphatic heterocycles. The third-order valence-electron chi connectivity index (χ3n) is 5.75. The smallest absolute Gasteiger partial charge is 0.414 e. The summed E-state index contributed by atoms with van der Waals surface area (Å²) in [5.41, 5.74) is 1.03. The van der Waals surface area contributed by atoms with Crippen LogP contribution >= 0.6 is 0 Å². The van der Waals surface area contributed by atoms with Crippen LogP contribution in [0.15, 0.2) is 65.6 Å². The van der Waals surface area contributed by atoms with E-state index >= 15 is 0 Å². The van der Waals surface area contributed by atoms with Gasteiger partial charge < -0.3 is 19.7 Å². The van der Waals surface area contributed by atoms with E-state index < -0.39 is 22.0 Å². The highest BCUT2D eigenvalue weighted by molar-refractivity contribution is 7.89. The number of piperazine rings is 1. The number of nitrogens with zero attached hydrogens (tertiary/aromatic N) is 2. The molecule has 0 radical (unpaired) electrons. The Balaban J connectivity index is 0.000000538. The average Bonchev–Trinajstić information content (AvgIpc) is 2.89. The number of benzene rings is 3. The first-order valence-electron chi connectivity index (χ1n) is 11.0. The van der Waals surface area contributed by atoms with Crippen LogP contribution in [-0.2, 0) is 26.2 Å². The molecule has 10 nitrogen and oxygen atoms in total. The quantitative estimate of drug-likeness (QED) is 0.474. The second-order valence-corrected chi connectivity index (χ2v) is 9.92. The maximum Gasteiger partial charge on any atom is 0.414 e. The van der Waals surface area contributed by atoms with Crippen molar-refractivity contribution in [1.82, 2.24) is 9.21 Å². The van der Waals surface area contributed by atoms with Gasteiger partial charge in [0.25, 0.3) is 0 Å². The largest absolute Gasteiger partial charge is 0.497 e. The number of hydrogen-bond donors (Lipinski definition) is 2. The lowest BCUT2D eigenvalue weighted by Crippen LogP contribution is -2.48. The molecule has 0 unspecified atom stereocenters. The van der Waals surface area contributed by atoms with Gasteiger partial charge in [-0.05, 0) is 41.1 Å². The van der Waals surface area contributed by atoms with Crippen molar-refractivity contribution in [2.24, 2.45) is 0 Å². The molecule has 1 saturated heterocycles. The lowest BCUT2D eigenvalue weighted by Gasteiger charge is -2.34. The van der Waals surface area contributed by atoms with Crippen molar-refractivity contribution < 1.29 is 37.7 Å². The molecule has 0 bridgehead atoms. The molecule has 0 amide bonds. The molecule has 1 fully saturated rings. The maximum atomic E-state index is 13.2. The lowest BCUT2D eigenvalue weighted by atomic mass is 10.1. The number of carboxylic acid groups (broad SMARTS) is 2. The summed E-state index contributed by atoms with van der Waals surface area (Å²) in [4.78, 5) is 20.8. The fraction of sp³-hybridized carbons (Fsp3) is 0.280. The summed E-state index contributed by atoms with van der Waals surface area (Å²) in [5, 5.41) is 16.8. The standard InChI is InChI=1S/C23H26N2O4S.C2H2O4/c1-28-21-8-10-23(29-2)20(15-21)17-24-11-13-25(14-12-24)30(26,27)22-9-7-18-5-3-4-6-19(18)16-22;3-1(4)2(5)6/h3-10,15-16H,11-14,17H2,1-2H3;(H,3,4)(H,5,6). The van der Waals surface area contributed by atoms with Crippen molar-refractivity contribution in [3.05, 3.63) is 66.2 Å². The second kappa shape index (κ2) is 11.8. The lowest BCUT2D eigenvalue weighted by molar-refractivity contribution is -0.159. The Bertz CT molecular complexity index is 1320. The van der Waals surface area contributed by atoms with E-state index in [4.69, 9.17) is 29.3 Å². The zero-order valence-electron chi connectivity index (χ0n) is 20.0. The van der Waals surface area contributed by atoms with Crippen molar-refractivity contribution in [3.63, 3.8) is 0 Å². The van der Waals surface area contributed by atoms with Gasteiger partial charge in [-0.3, -0.25) is 4.90 Å². The van der Waals surface area contributed by atoms with E-state index in [2.05, 4.69) is 4.90 Å². The van der Waals surface area contributed by atoms with Crippen LogP contribution in [0.25, 0.3) is 10.8 Å². The summed E-state index contributed by atoms with van der Waals surface area (Å²) in [6.45, 7) is 2.92. The SMILES string of the molecule is COc1ccc(OC)c(CN2CCN(S(=O)(=O)c3ccc4ccccc4c3)CC2)c1.O=C(O)C(=O)O. The van der Waals surface area contributed by atoms with Gasteiger partial charge in [-0.15, -0.1) is 0 Å². The van der Waals surface area contributed by atoms with Gasteiger partial charge in [0.1, 0.15) is 11.5 Å². The zero-order chi connectivity index (χ0) is 26.3. The first-order chi connectivity index (χ1) is 17.1. The molecule has 0 aromatic heterocycles. The Hall–Kier alpha value is -3.67. The van der Waals surface area contributed by atoms with Gasteiger partial charge in [-0.25, -0.2) is 18.0 Å². The van der Waals surface area contributed by atoms with Crippen molar-refractivity contribution in [2.45, 2.75) is 11.4 Å². The first kappa shape index (κ1) is 26.9. The molecule has 0 aliphatic carbocycles. The van der Waals surface area contributed by atoms with Crippen LogP contribution in [0, 0.1) is 0 Å². The van der Waals surface area contributed by atoms with Crippen LogP contribution in [0.5, 0.6) is 11.5 Å². The monoisotopic (exact) mass is 516 g/mol. The van der Waals surface area contributed by atoms with Crippen molar-refractivity contribution in [1.29, 1.82) is 0 Å². The number of methoxy groups -OCH3 is 2. The Morgan fingerprint density at radius 1 is 0.833 bits per heavy atom. The fourth-order valence-corrected chi connectivity index (χ4v) is 5.31. The van der Waals surface area contributed by atoms with Gasteiger partial charge in [0.15, 0.2) is 0 Å². The first-order valence-corrected chi connectivity index (χ1v) is 12.5. The topological polar surface area (TPSA) is 134 Å². The number of rotatable bonds is 6. The Labute approximate surface area is 209 Å². The zero-order valence-corrected chi connectivity index (χ0v) is 20.8. The summed E-state index contributed by atoms with van der Waals surface area (Å²) < 4.78 is 38.7.